The summed E-state index contributed by atoms with van der Waals surface area (Å²) in [6.07, 6.45) is 2.22. The molecule has 1 saturated heterocycles. The third-order valence-electron chi connectivity index (χ3n) is 3.31. The molecular formula is C13H17IN2S. The van der Waals surface area contributed by atoms with Gasteiger partial charge in [0.05, 0.1) is 4.99 Å². The van der Waals surface area contributed by atoms with Crippen LogP contribution in [0.1, 0.15) is 18.4 Å². The summed E-state index contributed by atoms with van der Waals surface area (Å²) in [6, 6.07) is 8.75. The van der Waals surface area contributed by atoms with E-state index >= 15 is 0 Å². The van der Waals surface area contributed by atoms with Crippen LogP contribution < -0.4 is 5.73 Å². The molecule has 2 nitrogen and oxygen atoms in total. The maximum atomic E-state index is 5.69. The molecule has 1 aliphatic rings. The molecule has 1 heterocycles. The van der Waals surface area contributed by atoms with Gasteiger partial charge >= 0.3 is 0 Å². The van der Waals surface area contributed by atoms with Crippen LogP contribution in [0.3, 0.4) is 0 Å². The second kappa shape index (κ2) is 6.11. The van der Waals surface area contributed by atoms with Crippen molar-refractivity contribution in [1.82, 2.24) is 4.90 Å². The van der Waals surface area contributed by atoms with Crippen molar-refractivity contribution in [2.75, 3.05) is 13.1 Å². The normalized spacial score (nSPS) is 18.2. The van der Waals surface area contributed by atoms with Crippen molar-refractivity contribution < 1.29 is 0 Å². The van der Waals surface area contributed by atoms with Crippen molar-refractivity contribution in [3.05, 3.63) is 33.4 Å². The summed E-state index contributed by atoms with van der Waals surface area (Å²) in [5.74, 6) is 0.456. The number of halogens is 1. The van der Waals surface area contributed by atoms with E-state index in [0.717, 1.165) is 32.5 Å². The predicted molar refractivity (Wildman–Crippen MR) is 83.9 cm³/mol. The van der Waals surface area contributed by atoms with E-state index in [9.17, 15) is 0 Å². The summed E-state index contributed by atoms with van der Waals surface area (Å²) in [4.78, 5) is 3.18. The Morgan fingerprint density at radius 1 is 1.29 bits per heavy atom. The molecule has 0 aromatic heterocycles. The summed E-state index contributed by atoms with van der Waals surface area (Å²) < 4.78 is 1.29. The third-order valence-corrected chi connectivity index (χ3v) is 4.36. The van der Waals surface area contributed by atoms with Gasteiger partial charge in [0.1, 0.15) is 0 Å². The van der Waals surface area contributed by atoms with Gasteiger partial charge < -0.3 is 5.73 Å². The van der Waals surface area contributed by atoms with Crippen LogP contribution in [0, 0.1) is 9.49 Å². The van der Waals surface area contributed by atoms with Crippen LogP contribution in [0.4, 0.5) is 0 Å². The van der Waals surface area contributed by atoms with Crippen LogP contribution in [-0.2, 0) is 6.54 Å². The summed E-state index contributed by atoms with van der Waals surface area (Å²) in [5.41, 5.74) is 7.08. The molecule has 4 heteroatoms. The minimum Gasteiger partial charge on any atom is -0.393 e. The van der Waals surface area contributed by atoms with E-state index in [-0.39, 0.29) is 0 Å². The lowest BCUT2D eigenvalue weighted by atomic mass is 9.96. The zero-order valence-corrected chi connectivity index (χ0v) is 12.7. The van der Waals surface area contributed by atoms with Crippen LogP contribution in [0.15, 0.2) is 24.3 Å². The van der Waals surface area contributed by atoms with Crippen LogP contribution >= 0.6 is 34.8 Å². The minimum atomic E-state index is 0.456. The molecular weight excluding hydrogens is 343 g/mol. The lowest BCUT2D eigenvalue weighted by Gasteiger charge is -2.31. The van der Waals surface area contributed by atoms with Gasteiger partial charge in [0.15, 0.2) is 0 Å². The molecule has 2 rings (SSSR count). The summed E-state index contributed by atoms with van der Waals surface area (Å²) in [6.45, 7) is 3.25. The smallest absolute Gasteiger partial charge is 0.0759 e. The van der Waals surface area contributed by atoms with Gasteiger partial charge in [-0.05, 0) is 66.2 Å². The van der Waals surface area contributed by atoms with Crippen molar-refractivity contribution in [3.63, 3.8) is 0 Å². The van der Waals surface area contributed by atoms with E-state index in [1.807, 2.05) is 0 Å². The number of benzene rings is 1. The van der Waals surface area contributed by atoms with Gasteiger partial charge in [-0.25, -0.2) is 0 Å². The fourth-order valence-corrected chi connectivity index (χ4v) is 2.82. The van der Waals surface area contributed by atoms with E-state index < -0.39 is 0 Å². The molecule has 0 aliphatic carbocycles. The average Bonchev–Trinajstić information content (AvgIpc) is 2.33. The van der Waals surface area contributed by atoms with E-state index in [1.54, 1.807) is 0 Å². The van der Waals surface area contributed by atoms with Crippen molar-refractivity contribution in [3.8, 4) is 0 Å². The second-order valence-electron chi connectivity index (χ2n) is 4.58. The first kappa shape index (κ1) is 13.2. The fraction of sp³-hybridized carbons (Fsp3) is 0.462. The fourth-order valence-electron chi connectivity index (χ4n) is 2.22. The molecule has 0 spiro atoms. The van der Waals surface area contributed by atoms with E-state index in [1.165, 1.54) is 9.13 Å². The molecule has 1 fully saturated rings. The number of piperidine rings is 1. The Balaban J connectivity index is 1.85. The SMILES string of the molecule is NC(=S)C1CCN(Cc2ccc(I)cc2)CC1. The van der Waals surface area contributed by atoms with E-state index in [2.05, 4.69) is 51.8 Å². The Morgan fingerprint density at radius 2 is 1.88 bits per heavy atom. The highest BCUT2D eigenvalue weighted by atomic mass is 127. The molecule has 2 N–H and O–H groups in total. The molecule has 0 atom stereocenters. The molecule has 1 aromatic carbocycles. The first-order chi connectivity index (χ1) is 8.15. The predicted octanol–water partition coefficient (Wildman–Crippen LogP) is 2.79. The first-order valence-electron chi connectivity index (χ1n) is 5.91. The molecule has 0 radical (unpaired) electrons. The van der Waals surface area contributed by atoms with Gasteiger partial charge in [-0.3, -0.25) is 4.90 Å². The molecule has 1 aliphatic heterocycles. The maximum Gasteiger partial charge on any atom is 0.0759 e. The third kappa shape index (κ3) is 3.89. The highest BCUT2D eigenvalue weighted by molar-refractivity contribution is 14.1. The monoisotopic (exact) mass is 360 g/mol. The standard InChI is InChI=1S/C13H17IN2S/c14-12-3-1-10(2-4-12)9-16-7-5-11(6-8-16)13(15)17/h1-4,11H,5-9H2,(H2,15,17). The lowest BCUT2D eigenvalue weighted by Crippen LogP contribution is -2.37. The molecule has 0 saturated carbocycles. The van der Waals surface area contributed by atoms with Crippen molar-refractivity contribution in [1.29, 1.82) is 0 Å². The zero-order valence-electron chi connectivity index (χ0n) is 9.73. The minimum absolute atomic E-state index is 0.456. The van der Waals surface area contributed by atoms with Gasteiger partial charge in [-0.15, -0.1) is 0 Å². The molecule has 0 unspecified atom stereocenters. The van der Waals surface area contributed by atoms with Crippen LogP contribution in [0.2, 0.25) is 0 Å². The Bertz CT molecular complexity index is 383. The Morgan fingerprint density at radius 3 is 2.41 bits per heavy atom. The number of likely N-dealkylation sites (tertiary alicyclic amines) is 1. The van der Waals surface area contributed by atoms with Crippen LogP contribution in [0.25, 0.3) is 0 Å². The molecule has 1 aromatic rings. The molecule has 17 heavy (non-hydrogen) atoms. The van der Waals surface area contributed by atoms with Gasteiger partial charge in [0.25, 0.3) is 0 Å². The van der Waals surface area contributed by atoms with Crippen LogP contribution in [-0.4, -0.2) is 23.0 Å². The summed E-state index contributed by atoms with van der Waals surface area (Å²) in [5, 5.41) is 0. The quantitative estimate of drug-likeness (QED) is 0.664. The molecule has 92 valence electrons. The Hall–Kier alpha value is -0.200. The maximum absolute atomic E-state index is 5.69. The number of thiocarbonyl (C=S) groups is 1. The highest BCUT2D eigenvalue weighted by Gasteiger charge is 2.20. The van der Waals surface area contributed by atoms with Crippen LogP contribution in [0.5, 0.6) is 0 Å². The lowest BCUT2D eigenvalue weighted by molar-refractivity contribution is 0.202. The Labute approximate surface area is 122 Å². The van der Waals surface area contributed by atoms with Gasteiger partial charge in [0, 0.05) is 16.0 Å². The number of hydrogen-bond donors (Lipinski definition) is 1. The molecule has 0 bridgehead atoms. The van der Waals surface area contributed by atoms with Crippen molar-refractivity contribution >= 4 is 39.8 Å². The largest absolute Gasteiger partial charge is 0.393 e. The van der Waals surface area contributed by atoms with Gasteiger partial charge in [-0.2, -0.15) is 0 Å². The number of rotatable bonds is 3. The number of hydrogen-bond acceptors (Lipinski definition) is 2. The van der Waals surface area contributed by atoms with Gasteiger partial charge in [-0.1, -0.05) is 24.4 Å². The summed E-state index contributed by atoms with van der Waals surface area (Å²) in [7, 11) is 0. The Kier molecular flexibility index (Phi) is 4.76. The average molecular weight is 360 g/mol. The zero-order chi connectivity index (χ0) is 12.3. The topological polar surface area (TPSA) is 29.3 Å². The number of nitrogens with zero attached hydrogens (tertiary/aromatic N) is 1. The van der Waals surface area contributed by atoms with E-state index in [4.69, 9.17) is 18.0 Å². The van der Waals surface area contributed by atoms with E-state index in [0.29, 0.717) is 10.9 Å². The summed E-state index contributed by atoms with van der Waals surface area (Å²) >= 11 is 7.39. The van der Waals surface area contributed by atoms with Gasteiger partial charge in [0.2, 0.25) is 0 Å². The highest BCUT2D eigenvalue weighted by Crippen LogP contribution is 2.19. The number of nitrogens with two attached hydrogens (primary N) is 1. The van der Waals surface area contributed by atoms with Crippen molar-refractivity contribution in [2.45, 2.75) is 19.4 Å². The first-order valence-corrected chi connectivity index (χ1v) is 7.40. The van der Waals surface area contributed by atoms with Crippen molar-refractivity contribution in [2.24, 2.45) is 11.7 Å². The molecule has 0 amide bonds. The second-order valence-corrected chi connectivity index (χ2v) is 6.30.